The fraction of sp³-hybridized carbons (Fsp3) is 1.00. The maximum absolute atomic E-state index is 11.2. The molecule has 0 aromatic carbocycles. The lowest BCUT2D eigenvalue weighted by molar-refractivity contribution is -0.172. The highest BCUT2D eigenvalue weighted by molar-refractivity contribution is 5.11. The van der Waals surface area contributed by atoms with Gasteiger partial charge >= 0.3 is 0 Å². The molecule has 2 N–H and O–H groups in total. The molecule has 11 atom stereocenters. The molecule has 4 fully saturated rings. The summed E-state index contributed by atoms with van der Waals surface area (Å²) < 4.78 is 0. The molecule has 0 spiro atoms. The highest BCUT2D eigenvalue weighted by atomic mass is 16.3. The third-order valence-electron chi connectivity index (χ3n) is 11.9. The first-order valence-corrected chi connectivity index (χ1v) is 14.0. The minimum atomic E-state index is -0.198. The van der Waals surface area contributed by atoms with Crippen molar-refractivity contribution in [1.82, 2.24) is 0 Å². The Morgan fingerprint density at radius 1 is 0.806 bits per heavy atom. The van der Waals surface area contributed by atoms with Crippen molar-refractivity contribution in [2.75, 3.05) is 0 Å². The largest absolute Gasteiger partial charge is 0.393 e. The Bertz CT molecular complexity index is 616. The summed E-state index contributed by atoms with van der Waals surface area (Å²) in [6, 6.07) is 0. The standard InChI is InChI=1S/C29H52O2/c1-7-20(18(2)3)9-8-19(4)23-10-11-24-22-17-27(31)26-16-21(30)12-14-29(26,6)25(22)13-15-28(23,24)5/h18-27,30-31H,7-17H2,1-6H3/t19-,20+,21+,22?,23-,24?,25?,26?,27-,28-,29-/m1/s1. The van der Waals surface area contributed by atoms with Crippen LogP contribution in [0.4, 0.5) is 0 Å². The van der Waals surface area contributed by atoms with E-state index in [9.17, 15) is 10.2 Å². The van der Waals surface area contributed by atoms with E-state index < -0.39 is 0 Å². The average molecular weight is 433 g/mol. The lowest BCUT2D eigenvalue weighted by Gasteiger charge is -2.62. The Morgan fingerprint density at radius 2 is 1.48 bits per heavy atom. The number of hydrogen-bond donors (Lipinski definition) is 2. The van der Waals surface area contributed by atoms with Gasteiger partial charge in [0.15, 0.2) is 0 Å². The summed E-state index contributed by atoms with van der Waals surface area (Å²) in [6.07, 6.45) is 13.2. The molecular weight excluding hydrogens is 380 g/mol. The molecule has 0 aliphatic heterocycles. The van der Waals surface area contributed by atoms with Gasteiger partial charge in [-0.25, -0.2) is 0 Å². The number of aliphatic hydroxyl groups excluding tert-OH is 2. The Balaban J connectivity index is 1.48. The Labute approximate surface area is 193 Å². The van der Waals surface area contributed by atoms with Crippen molar-refractivity contribution in [2.45, 2.75) is 124 Å². The number of hydrogen-bond acceptors (Lipinski definition) is 2. The van der Waals surface area contributed by atoms with Crippen LogP contribution < -0.4 is 0 Å². The minimum Gasteiger partial charge on any atom is -0.393 e. The Morgan fingerprint density at radius 3 is 2.16 bits per heavy atom. The molecule has 0 amide bonds. The summed E-state index contributed by atoms with van der Waals surface area (Å²) in [7, 11) is 0. The molecule has 31 heavy (non-hydrogen) atoms. The van der Waals surface area contributed by atoms with E-state index in [0.29, 0.717) is 17.3 Å². The maximum Gasteiger partial charge on any atom is 0.0577 e. The van der Waals surface area contributed by atoms with Crippen LogP contribution >= 0.6 is 0 Å². The van der Waals surface area contributed by atoms with Crippen molar-refractivity contribution < 1.29 is 10.2 Å². The predicted molar refractivity (Wildman–Crippen MR) is 130 cm³/mol. The van der Waals surface area contributed by atoms with E-state index in [1.165, 1.54) is 44.9 Å². The van der Waals surface area contributed by atoms with E-state index in [1.54, 1.807) is 0 Å². The fourth-order valence-electron chi connectivity index (χ4n) is 9.94. The van der Waals surface area contributed by atoms with E-state index in [4.69, 9.17) is 0 Å². The molecule has 0 bridgehead atoms. The summed E-state index contributed by atoms with van der Waals surface area (Å²) in [5, 5.41) is 21.5. The lowest BCUT2D eigenvalue weighted by Crippen LogP contribution is -2.58. The van der Waals surface area contributed by atoms with Gasteiger partial charge < -0.3 is 10.2 Å². The van der Waals surface area contributed by atoms with E-state index >= 15 is 0 Å². The topological polar surface area (TPSA) is 40.5 Å². The van der Waals surface area contributed by atoms with Gasteiger partial charge in [0.1, 0.15) is 0 Å². The van der Waals surface area contributed by atoms with Gasteiger partial charge in [-0.3, -0.25) is 0 Å². The number of fused-ring (bicyclic) bond motifs is 5. The van der Waals surface area contributed by atoms with Crippen molar-refractivity contribution in [3.63, 3.8) is 0 Å². The van der Waals surface area contributed by atoms with Gasteiger partial charge in [0.2, 0.25) is 0 Å². The smallest absolute Gasteiger partial charge is 0.0577 e. The van der Waals surface area contributed by atoms with Crippen molar-refractivity contribution >= 4 is 0 Å². The first-order valence-electron chi connectivity index (χ1n) is 14.0. The molecule has 4 unspecified atom stereocenters. The van der Waals surface area contributed by atoms with Crippen molar-refractivity contribution in [2.24, 2.45) is 58.2 Å². The van der Waals surface area contributed by atoms with Crippen LogP contribution in [-0.2, 0) is 0 Å². The minimum absolute atomic E-state index is 0.187. The van der Waals surface area contributed by atoms with Crippen molar-refractivity contribution in [3.8, 4) is 0 Å². The molecular formula is C29H52O2. The quantitative estimate of drug-likeness (QED) is 0.471. The maximum atomic E-state index is 11.2. The second-order valence-electron chi connectivity index (χ2n) is 13.4. The Kier molecular flexibility index (Phi) is 6.93. The summed E-state index contributed by atoms with van der Waals surface area (Å²) in [6.45, 7) is 14.9. The molecule has 0 aromatic heterocycles. The molecule has 4 aliphatic carbocycles. The van der Waals surface area contributed by atoms with Crippen LogP contribution in [0.25, 0.3) is 0 Å². The SMILES string of the molecule is CC[C@@H](CC[C@@H](C)[C@H]1CCC2C3C[C@@H](O)C4C[C@@H](O)CC[C@]4(C)C3CC[C@@]21C)C(C)C. The zero-order valence-corrected chi connectivity index (χ0v) is 21.4. The van der Waals surface area contributed by atoms with Gasteiger partial charge in [0, 0.05) is 0 Å². The third-order valence-corrected chi connectivity index (χ3v) is 11.9. The van der Waals surface area contributed by atoms with Crippen molar-refractivity contribution in [1.29, 1.82) is 0 Å². The van der Waals surface area contributed by atoms with Gasteiger partial charge in [0.05, 0.1) is 12.2 Å². The van der Waals surface area contributed by atoms with Crippen LogP contribution in [0, 0.1) is 58.2 Å². The van der Waals surface area contributed by atoms with Crippen LogP contribution in [0.3, 0.4) is 0 Å². The molecule has 4 saturated carbocycles. The second-order valence-corrected chi connectivity index (χ2v) is 13.4. The van der Waals surface area contributed by atoms with Crippen LogP contribution in [0.15, 0.2) is 0 Å². The Hall–Kier alpha value is -0.0800. The van der Waals surface area contributed by atoms with Gasteiger partial charge in [0.25, 0.3) is 0 Å². The number of aliphatic hydroxyl groups is 2. The van der Waals surface area contributed by atoms with E-state index in [2.05, 4.69) is 41.5 Å². The van der Waals surface area contributed by atoms with E-state index in [1.807, 2.05) is 0 Å². The zero-order chi connectivity index (χ0) is 22.6. The van der Waals surface area contributed by atoms with E-state index in [0.717, 1.165) is 61.2 Å². The predicted octanol–water partition coefficient (Wildman–Crippen LogP) is 7.08. The molecule has 0 heterocycles. The first-order chi connectivity index (χ1) is 14.6. The summed E-state index contributed by atoms with van der Waals surface area (Å²) in [5.41, 5.74) is 0.732. The van der Waals surface area contributed by atoms with Gasteiger partial charge in [-0.15, -0.1) is 0 Å². The highest BCUT2D eigenvalue weighted by Crippen LogP contribution is 2.68. The summed E-state index contributed by atoms with van der Waals surface area (Å²) in [5.74, 6) is 6.01. The molecule has 4 aliphatic rings. The van der Waals surface area contributed by atoms with Gasteiger partial charge in [-0.2, -0.15) is 0 Å². The molecule has 2 heteroatoms. The molecule has 0 saturated heterocycles. The first kappa shape index (κ1) is 24.1. The summed E-state index contributed by atoms with van der Waals surface area (Å²) >= 11 is 0. The monoisotopic (exact) mass is 432 g/mol. The fourth-order valence-corrected chi connectivity index (χ4v) is 9.94. The molecule has 0 aromatic rings. The number of rotatable bonds is 6. The van der Waals surface area contributed by atoms with E-state index in [-0.39, 0.29) is 17.6 Å². The molecule has 180 valence electrons. The third kappa shape index (κ3) is 4.05. The van der Waals surface area contributed by atoms with Gasteiger partial charge in [-0.1, -0.05) is 54.4 Å². The van der Waals surface area contributed by atoms with Crippen molar-refractivity contribution in [3.05, 3.63) is 0 Å². The highest BCUT2D eigenvalue weighted by Gasteiger charge is 2.62. The van der Waals surface area contributed by atoms with Crippen LogP contribution in [0.5, 0.6) is 0 Å². The van der Waals surface area contributed by atoms with Crippen LogP contribution in [0.2, 0.25) is 0 Å². The zero-order valence-electron chi connectivity index (χ0n) is 21.4. The molecule has 0 radical (unpaired) electrons. The normalized spacial score (nSPS) is 49.3. The van der Waals surface area contributed by atoms with Gasteiger partial charge in [-0.05, 0) is 116 Å². The summed E-state index contributed by atoms with van der Waals surface area (Å²) in [4.78, 5) is 0. The van der Waals surface area contributed by atoms with Crippen LogP contribution in [-0.4, -0.2) is 22.4 Å². The molecule has 2 nitrogen and oxygen atoms in total. The van der Waals surface area contributed by atoms with Crippen LogP contribution in [0.1, 0.15) is 112 Å². The molecule has 4 rings (SSSR count). The average Bonchev–Trinajstić information content (AvgIpc) is 3.07. The lowest BCUT2D eigenvalue weighted by atomic mass is 9.43. The second kappa shape index (κ2) is 8.94.